The van der Waals surface area contributed by atoms with Crippen molar-refractivity contribution in [1.29, 1.82) is 0 Å². The standard InChI is InChI=1S/C13H16F4N2O/c1-8(18)2-5-12(20)19-7-9-3-4-10(14)6-11(9)13(15,16)17/h3-4,6,8H,2,5,7,18H2,1H3,(H,19,20). The Bertz CT molecular complexity index is 472. The summed E-state index contributed by atoms with van der Waals surface area (Å²) in [7, 11) is 0. The molecule has 0 bridgehead atoms. The summed E-state index contributed by atoms with van der Waals surface area (Å²) in [5.41, 5.74) is 4.22. The van der Waals surface area contributed by atoms with Gasteiger partial charge in [-0.2, -0.15) is 13.2 Å². The van der Waals surface area contributed by atoms with Gasteiger partial charge in [0.25, 0.3) is 0 Å². The molecule has 3 N–H and O–H groups in total. The number of carbonyl (C=O) groups excluding carboxylic acids is 1. The van der Waals surface area contributed by atoms with Crippen LogP contribution in [0, 0.1) is 5.82 Å². The Balaban J connectivity index is 2.71. The molecule has 0 aliphatic heterocycles. The average molecular weight is 292 g/mol. The minimum Gasteiger partial charge on any atom is -0.352 e. The largest absolute Gasteiger partial charge is 0.416 e. The smallest absolute Gasteiger partial charge is 0.352 e. The van der Waals surface area contributed by atoms with Gasteiger partial charge in [-0.1, -0.05) is 6.07 Å². The second kappa shape index (κ2) is 6.69. The lowest BCUT2D eigenvalue weighted by Gasteiger charge is -2.14. The number of rotatable bonds is 5. The number of nitrogens with one attached hydrogen (secondary N) is 1. The van der Waals surface area contributed by atoms with Crippen molar-refractivity contribution in [2.45, 2.75) is 38.5 Å². The summed E-state index contributed by atoms with van der Waals surface area (Å²) in [5, 5.41) is 2.37. The van der Waals surface area contributed by atoms with Crippen molar-refractivity contribution >= 4 is 5.91 Å². The van der Waals surface area contributed by atoms with E-state index in [4.69, 9.17) is 5.73 Å². The van der Waals surface area contributed by atoms with Crippen molar-refractivity contribution in [1.82, 2.24) is 5.32 Å². The monoisotopic (exact) mass is 292 g/mol. The van der Waals surface area contributed by atoms with Crippen LogP contribution in [0.3, 0.4) is 0 Å². The summed E-state index contributed by atoms with van der Waals surface area (Å²) in [5.74, 6) is -1.36. The van der Waals surface area contributed by atoms with Crippen molar-refractivity contribution in [3.05, 3.63) is 35.1 Å². The highest BCUT2D eigenvalue weighted by molar-refractivity contribution is 5.75. The molecule has 3 nitrogen and oxygen atoms in total. The summed E-state index contributed by atoms with van der Waals surface area (Å²) >= 11 is 0. The maximum absolute atomic E-state index is 12.9. The first-order chi connectivity index (χ1) is 9.20. The number of amides is 1. The summed E-state index contributed by atoms with van der Waals surface area (Å²) < 4.78 is 51.0. The van der Waals surface area contributed by atoms with E-state index in [2.05, 4.69) is 5.32 Å². The Kier molecular flexibility index (Phi) is 5.50. The summed E-state index contributed by atoms with van der Waals surface area (Å²) in [4.78, 5) is 11.4. The zero-order valence-corrected chi connectivity index (χ0v) is 10.9. The lowest BCUT2D eigenvalue weighted by molar-refractivity contribution is -0.138. The lowest BCUT2D eigenvalue weighted by atomic mass is 10.1. The molecule has 0 spiro atoms. The van der Waals surface area contributed by atoms with E-state index in [1.54, 1.807) is 6.92 Å². The highest BCUT2D eigenvalue weighted by atomic mass is 19.4. The third-order valence-corrected chi connectivity index (χ3v) is 2.68. The summed E-state index contributed by atoms with van der Waals surface area (Å²) in [6.45, 7) is 1.43. The normalized spacial score (nSPS) is 13.1. The molecule has 0 saturated heterocycles. The molecular weight excluding hydrogens is 276 g/mol. The van der Waals surface area contributed by atoms with Gasteiger partial charge in [0, 0.05) is 19.0 Å². The van der Waals surface area contributed by atoms with Crippen LogP contribution in [-0.4, -0.2) is 11.9 Å². The van der Waals surface area contributed by atoms with Crippen molar-refractivity contribution in [3.8, 4) is 0 Å². The fourth-order valence-electron chi connectivity index (χ4n) is 1.61. The Morgan fingerprint density at radius 1 is 1.40 bits per heavy atom. The molecular formula is C13H16F4N2O. The molecule has 112 valence electrons. The molecule has 0 aliphatic rings. The van der Waals surface area contributed by atoms with Gasteiger partial charge in [-0.15, -0.1) is 0 Å². The average Bonchev–Trinajstić information content (AvgIpc) is 2.33. The molecule has 1 amide bonds. The van der Waals surface area contributed by atoms with Crippen LogP contribution in [0.25, 0.3) is 0 Å². The van der Waals surface area contributed by atoms with Crippen LogP contribution < -0.4 is 11.1 Å². The molecule has 1 aromatic rings. The van der Waals surface area contributed by atoms with Gasteiger partial charge in [-0.3, -0.25) is 4.79 Å². The zero-order valence-electron chi connectivity index (χ0n) is 10.9. The number of carbonyl (C=O) groups is 1. The first-order valence-corrected chi connectivity index (χ1v) is 6.08. The van der Waals surface area contributed by atoms with Crippen LogP contribution in [0.5, 0.6) is 0 Å². The number of alkyl halides is 3. The molecule has 1 aromatic carbocycles. The van der Waals surface area contributed by atoms with Crippen LogP contribution in [0.4, 0.5) is 17.6 Å². The van der Waals surface area contributed by atoms with Gasteiger partial charge in [-0.25, -0.2) is 4.39 Å². The summed E-state index contributed by atoms with van der Waals surface area (Å²) in [6, 6.07) is 2.21. The van der Waals surface area contributed by atoms with Crippen LogP contribution in [-0.2, 0) is 17.5 Å². The molecule has 0 radical (unpaired) electrons. The number of hydrogen-bond acceptors (Lipinski definition) is 2. The number of nitrogens with two attached hydrogens (primary N) is 1. The topological polar surface area (TPSA) is 55.1 Å². The van der Waals surface area contributed by atoms with Gasteiger partial charge in [0.2, 0.25) is 5.91 Å². The second-order valence-corrected chi connectivity index (χ2v) is 4.59. The van der Waals surface area contributed by atoms with E-state index in [1.807, 2.05) is 0 Å². The van der Waals surface area contributed by atoms with Gasteiger partial charge >= 0.3 is 6.18 Å². The number of hydrogen-bond donors (Lipinski definition) is 2. The van der Waals surface area contributed by atoms with Crippen LogP contribution >= 0.6 is 0 Å². The van der Waals surface area contributed by atoms with Crippen molar-refractivity contribution in [2.24, 2.45) is 5.73 Å². The van der Waals surface area contributed by atoms with E-state index in [-0.39, 0.29) is 30.5 Å². The first kappa shape index (κ1) is 16.4. The summed E-state index contributed by atoms with van der Waals surface area (Å²) in [6.07, 6.45) is -4.07. The van der Waals surface area contributed by atoms with E-state index in [9.17, 15) is 22.4 Å². The Morgan fingerprint density at radius 2 is 2.05 bits per heavy atom. The van der Waals surface area contributed by atoms with Crippen LogP contribution in [0.2, 0.25) is 0 Å². The van der Waals surface area contributed by atoms with Crippen LogP contribution in [0.1, 0.15) is 30.9 Å². The lowest BCUT2D eigenvalue weighted by Crippen LogP contribution is -2.26. The van der Waals surface area contributed by atoms with Crippen molar-refractivity contribution < 1.29 is 22.4 Å². The Hall–Kier alpha value is -1.63. The molecule has 7 heteroatoms. The van der Waals surface area contributed by atoms with Gasteiger partial charge < -0.3 is 11.1 Å². The minimum atomic E-state index is -4.66. The molecule has 20 heavy (non-hydrogen) atoms. The van der Waals surface area contributed by atoms with Gasteiger partial charge in [0.05, 0.1) is 5.56 Å². The van der Waals surface area contributed by atoms with E-state index in [0.29, 0.717) is 12.5 Å². The fraction of sp³-hybridized carbons (Fsp3) is 0.462. The molecule has 1 atom stereocenters. The molecule has 0 aromatic heterocycles. The highest BCUT2D eigenvalue weighted by Gasteiger charge is 2.33. The highest BCUT2D eigenvalue weighted by Crippen LogP contribution is 2.32. The molecule has 0 fully saturated rings. The van der Waals surface area contributed by atoms with Crippen molar-refractivity contribution in [3.63, 3.8) is 0 Å². The second-order valence-electron chi connectivity index (χ2n) is 4.59. The number of halogens is 4. The molecule has 0 aliphatic carbocycles. The maximum atomic E-state index is 12.9. The van der Waals surface area contributed by atoms with E-state index in [1.165, 1.54) is 0 Å². The quantitative estimate of drug-likeness (QED) is 0.820. The molecule has 0 saturated carbocycles. The van der Waals surface area contributed by atoms with Gasteiger partial charge in [-0.05, 0) is 31.0 Å². The van der Waals surface area contributed by atoms with Crippen LogP contribution in [0.15, 0.2) is 18.2 Å². The minimum absolute atomic E-state index is 0.139. The van der Waals surface area contributed by atoms with Gasteiger partial charge in [0.15, 0.2) is 0 Å². The molecule has 1 unspecified atom stereocenters. The first-order valence-electron chi connectivity index (χ1n) is 6.08. The van der Waals surface area contributed by atoms with Gasteiger partial charge in [0.1, 0.15) is 5.82 Å². The maximum Gasteiger partial charge on any atom is 0.416 e. The SMILES string of the molecule is CC(N)CCC(=O)NCc1ccc(F)cc1C(F)(F)F. The Morgan fingerprint density at radius 3 is 2.60 bits per heavy atom. The zero-order chi connectivity index (χ0) is 15.3. The number of benzene rings is 1. The molecule has 1 rings (SSSR count). The third-order valence-electron chi connectivity index (χ3n) is 2.68. The van der Waals surface area contributed by atoms with E-state index >= 15 is 0 Å². The molecule has 0 heterocycles. The predicted molar refractivity (Wildman–Crippen MR) is 66.1 cm³/mol. The van der Waals surface area contributed by atoms with Crippen molar-refractivity contribution in [2.75, 3.05) is 0 Å². The van der Waals surface area contributed by atoms with E-state index in [0.717, 1.165) is 12.1 Å². The Labute approximate surface area is 114 Å². The van der Waals surface area contributed by atoms with E-state index < -0.39 is 17.6 Å². The fourth-order valence-corrected chi connectivity index (χ4v) is 1.61. The predicted octanol–water partition coefficient (Wildman–Crippen LogP) is 2.59. The third kappa shape index (κ3) is 5.16.